The fourth-order valence-corrected chi connectivity index (χ4v) is 2.65. The van der Waals surface area contributed by atoms with Crippen molar-refractivity contribution in [2.75, 3.05) is 25.6 Å². The third kappa shape index (κ3) is 4.82. The third-order valence-corrected chi connectivity index (χ3v) is 3.72. The van der Waals surface area contributed by atoms with Gasteiger partial charge in [-0.2, -0.15) is 0 Å². The zero-order chi connectivity index (χ0) is 15.8. The van der Waals surface area contributed by atoms with Crippen molar-refractivity contribution >= 4 is 22.4 Å². The van der Waals surface area contributed by atoms with Crippen LogP contribution in [0.2, 0.25) is 0 Å². The van der Waals surface area contributed by atoms with E-state index in [4.69, 9.17) is 9.47 Å². The van der Waals surface area contributed by atoms with Crippen molar-refractivity contribution in [1.82, 2.24) is 4.98 Å². The summed E-state index contributed by atoms with van der Waals surface area (Å²) in [6, 6.07) is 7.76. The number of methoxy groups -OCH3 is 1. The summed E-state index contributed by atoms with van der Waals surface area (Å²) in [4.78, 5) is 16.2. The van der Waals surface area contributed by atoms with Gasteiger partial charge < -0.3 is 14.8 Å². The van der Waals surface area contributed by atoms with Gasteiger partial charge in [-0.05, 0) is 37.6 Å². The molecule has 0 spiro atoms. The lowest BCUT2D eigenvalue weighted by molar-refractivity contribution is -0.116. The van der Waals surface area contributed by atoms with Crippen LogP contribution in [-0.4, -0.2) is 31.2 Å². The quantitative estimate of drug-likeness (QED) is 0.755. The Morgan fingerprint density at radius 3 is 2.77 bits per heavy atom. The summed E-state index contributed by atoms with van der Waals surface area (Å²) >= 11 is 1.42. The van der Waals surface area contributed by atoms with Crippen LogP contribution < -0.4 is 10.1 Å². The lowest BCUT2D eigenvalue weighted by atomic mass is 10.2. The predicted molar refractivity (Wildman–Crippen MR) is 88.5 cm³/mol. The summed E-state index contributed by atoms with van der Waals surface area (Å²) in [7, 11) is 1.63. The number of hydrogen-bond donors (Lipinski definition) is 1. The molecule has 0 aliphatic rings. The van der Waals surface area contributed by atoms with E-state index in [1.807, 2.05) is 36.6 Å². The monoisotopic (exact) mass is 320 g/mol. The fourth-order valence-electron chi connectivity index (χ4n) is 1.91. The number of aromatic nitrogens is 1. The maximum absolute atomic E-state index is 11.7. The standard InChI is InChI=1S/C16H20N2O3S/c1-3-21-13-8-6-12(7-9-13)14-11-22-16(17-14)18-15(19)5-4-10-20-2/h6-9,11H,3-5,10H2,1-2H3,(H,17,18,19). The second-order valence-corrected chi connectivity index (χ2v) is 5.50. The summed E-state index contributed by atoms with van der Waals surface area (Å²) in [5.74, 6) is 0.804. The smallest absolute Gasteiger partial charge is 0.226 e. The first-order chi connectivity index (χ1) is 10.7. The van der Waals surface area contributed by atoms with E-state index >= 15 is 0 Å². The van der Waals surface area contributed by atoms with Crippen LogP contribution in [-0.2, 0) is 9.53 Å². The van der Waals surface area contributed by atoms with Gasteiger partial charge in [-0.25, -0.2) is 4.98 Å². The SMILES string of the molecule is CCOc1ccc(-c2csc(NC(=O)CCCOC)n2)cc1. The minimum absolute atomic E-state index is 0.0374. The Labute approximate surface area is 134 Å². The number of hydrogen-bond acceptors (Lipinski definition) is 5. The molecule has 0 fully saturated rings. The van der Waals surface area contributed by atoms with E-state index in [1.165, 1.54) is 11.3 Å². The lowest BCUT2D eigenvalue weighted by Gasteiger charge is -2.03. The number of carbonyl (C=O) groups excluding carboxylic acids is 1. The van der Waals surface area contributed by atoms with Gasteiger partial charge in [0.1, 0.15) is 5.75 Å². The number of amides is 1. The number of benzene rings is 1. The zero-order valence-corrected chi connectivity index (χ0v) is 13.6. The Bertz CT molecular complexity index is 596. The minimum atomic E-state index is -0.0374. The van der Waals surface area contributed by atoms with E-state index in [0.29, 0.717) is 31.2 Å². The number of carbonyl (C=O) groups is 1. The second-order valence-electron chi connectivity index (χ2n) is 4.64. The van der Waals surface area contributed by atoms with Gasteiger partial charge in [-0.15, -0.1) is 11.3 Å². The van der Waals surface area contributed by atoms with E-state index < -0.39 is 0 Å². The fraction of sp³-hybridized carbons (Fsp3) is 0.375. The first-order valence-electron chi connectivity index (χ1n) is 7.20. The highest BCUT2D eigenvalue weighted by atomic mass is 32.1. The number of thiazole rings is 1. The molecule has 6 heteroatoms. The molecule has 2 rings (SSSR count). The molecule has 0 radical (unpaired) electrons. The van der Waals surface area contributed by atoms with Crippen molar-refractivity contribution in [3.05, 3.63) is 29.6 Å². The molecular formula is C16H20N2O3S. The Morgan fingerprint density at radius 1 is 1.32 bits per heavy atom. The second kappa shape index (κ2) is 8.51. The summed E-state index contributed by atoms with van der Waals surface area (Å²) in [6.45, 7) is 3.19. The summed E-state index contributed by atoms with van der Waals surface area (Å²) in [6.07, 6.45) is 1.14. The average molecular weight is 320 g/mol. The van der Waals surface area contributed by atoms with Crippen molar-refractivity contribution in [3.8, 4) is 17.0 Å². The largest absolute Gasteiger partial charge is 0.494 e. The lowest BCUT2D eigenvalue weighted by Crippen LogP contribution is -2.11. The van der Waals surface area contributed by atoms with Crippen molar-refractivity contribution in [2.45, 2.75) is 19.8 Å². The average Bonchev–Trinajstić information content (AvgIpc) is 2.97. The molecule has 0 aliphatic heterocycles. The molecule has 118 valence electrons. The minimum Gasteiger partial charge on any atom is -0.494 e. The van der Waals surface area contributed by atoms with Crippen LogP contribution in [0, 0.1) is 0 Å². The first-order valence-corrected chi connectivity index (χ1v) is 8.08. The van der Waals surface area contributed by atoms with Crippen LogP contribution in [0.25, 0.3) is 11.3 Å². The Morgan fingerprint density at radius 2 is 2.09 bits per heavy atom. The molecular weight excluding hydrogens is 300 g/mol. The van der Waals surface area contributed by atoms with Gasteiger partial charge in [0.25, 0.3) is 0 Å². The Kier molecular flexibility index (Phi) is 6.36. The predicted octanol–water partition coefficient (Wildman–Crippen LogP) is 3.57. The highest BCUT2D eigenvalue weighted by molar-refractivity contribution is 7.14. The number of anilines is 1. The molecule has 0 saturated heterocycles. The van der Waals surface area contributed by atoms with E-state index in [0.717, 1.165) is 17.0 Å². The van der Waals surface area contributed by atoms with Crippen LogP contribution in [0.1, 0.15) is 19.8 Å². The van der Waals surface area contributed by atoms with Crippen LogP contribution in [0.15, 0.2) is 29.6 Å². The highest BCUT2D eigenvalue weighted by Crippen LogP contribution is 2.26. The van der Waals surface area contributed by atoms with E-state index in [9.17, 15) is 4.79 Å². The molecule has 0 aliphatic carbocycles. The van der Waals surface area contributed by atoms with Crippen molar-refractivity contribution in [2.24, 2.45) is 0 Å². The van der Waals surface area contributed by atoms with Crippen LogP contribution in [0.4, 0.5) is 5.13 Å². The van der Waals surface area contributed by atoms with Gasteiger partial charge in [0.2, 0.25) is 5.91 Å². The van der Waals surface area contributed by atoms with Crippen LogP contribution in [0.5, 0.6) is 5.75 Å². The van der Waals surface area contributed by atoms with Gasteiger partial charge in [0.15, 0.2) is 5.13 Å². The van der Waals surface area contributed by atoms with Crippen LogP contribution >= 0.6 is 11.3 Å². The van der Waals surface area contributed by atoms with Gasteiger partial charge in [-0.1, -0.05) is 0 Å². The molecule has 0 saturated carbocycles. The van der Waals surface area contributed by atoms with Gasteiger partial charge in [0, 0.05) is 31.1 Å². The molecule has 1 heterocycles. The first kappa shape index (κ1) is 16.5. The molecule has 5 nitrogen and oxygen atoms in total. The topological polar surface area (TPSA) is 60.5 Å². The molecule has 1 N–H and O–H groups in total. The third-order valence-electron chi connectivity index (χ3n) is 2.96. The number of nitrogens with one attached hydrogen (secondary N) is 1. The molecule has 0 atom stereocenters. The summed E-state index contributed by atoms with van der Waals surface area (Å²) in [5, 5.41) is 5.36. The molecule has 0 unspecified atom stereocenters. The number of rotatable bonds is 8. The number of nitrogens with zero attached hydrogens (tertiary/aromatic N) is 1. The maximum Gasteiger partial charge on any atom is 0.226 e. The van der Waals surface area contributed by atoms with Crippen LogP contribution in [0.3, 0.4) is 0 Å². The van der Waals surface area contributed by atoms with Gasteiger partial charge in [-0.3, -0.25) is 4.79 Å². The van der Waals surface area contributed by atoms with E-state index in [-0.39, 0.29) is 5.91 Å². The molecule has 1 amide bonds. The molecule has 1 aromatic heterocycles. The molecule has 22 heavy (non-hydrogen) atoms. The zero-order valence-electron chi connectivity index (χ0n) is 12.8. The molecule has 0 bridgehead atoms. The van der Waals surface area contributed by atoms with Crippen molar-refractivity contribution in [3.63, 3.8) is 0 Å². The normalized spacial score (nSPS) is 10.5. The van der Waals surface area contributed by atoms with E-state index in [1.54, 1.807) is 7.11 Å². The Balaban J connectivity index is 1.94. The molecule has 1 aromatic carbocycles. The highest BCUT2D eigenvalue weighted by Gasteiger charge is 2.08. The Hall–Kier alpha value is -1.92. The summed E-state index contributed by atoms with van der Waals surface area (Å²) < 4.78 is 10.3. The number of ether oxygens (including phenoxy) is 2. The maximum atomic E-state index is 11.7. The van der Waals surface area contributed by atoms with Crippen molar-refractivity contribution < 1.29 is 14.3 Å². The van der Waals surface area contributed by atoms with Gasteiger partial charge >= 0.3 is 0 Å². The van der Waals surface area contributed by atoms with Gasteiger partial charge in [0.05, 0.1) is 12.3 Å². The summed E-state index contributed by atoms with van der Waals surface area (Å²) in [5.41, 5.74) is 1.85. The molecule has 2 aromatic rings. The van der Waals surface area contributed by atoms with E-state index in [2.05, 4.69) is 10.3 Å². The van der Waals surface area contributed by atoms with Crippen molar-refractivity contribution in [1.29, 1.82) is 0 Å².